The highest BCUT2D eigenvalue weighted by Crippen LogP contribution is 2.27. The van der Waals surface area contributed by atoms with Crippen LogP contribution in [0.4, 0.5) is 0 Å². The van der Waals surface area contributed by atoms with E-state index in [2.05, 4.69) is 13.5 Å². The Balaban J connectivity index is 2.65. The lowest BCUT2D eigenvalue weighted by Gasteiger charge is -2.20. The maximum Gasteiger partial charge on any atom is 0.158 e. The number of hydrogen-bond acceptors (Lipinski definition) is 1. The molecule has 0 aromatic heterocycles. The second kappa shape index (κ2) is 3.70. The lowest BCUT2D eigenvalue weighted by Crippen LogP contribution is -2.15. The van der Waals surface area contributed by atoms with Gasteiger partial charge in [-0.2, -0.15) is 0 Å². The van der Waals surface area contributed by atoms with Crippen molar-refractivity contribution in [1.82, 2.24) is 0 Å². The first-order valence-corrected chi connectivity index (χ1v) is 4.52. The third kappa shape index (κ3) is 1.84. The van der Waals surface area contributed by atoms with Crippen LogP contribution in [0.3, 0.4) is 0 Å². The van der Waals surface area contributed by atoms with E-state index in [1.165, 1.54) is 5.57 Å². The van der Waals surface area contributed by atoms with E-state index in [0.717, 1.165) is 18.4 Å². The molecule has 1 rings (SSSR count). The van der Waals surface area contributed by atoms with Crippen LogP contribution >= 0.6 is 0 Å². The zero-order chi connectivity index (χ0) is 9.14. The van der Waals surface area contributed by atoms with E-state index in [0.29, 0.717) is 18.1 Å². The third-order valence-corrected chi connectivity index (χ3v) is 2.61. The Morgan fingerprint density at radius 3 is 2.92 bits per heavy atom. The highest BCUT2D eigenvalue weighted by atomic mass is 16.1. The van der Waals surface area contributed by atoms with Crippen LogP contribution < -0.4 is 0 Å². The standard InChI is InChI=1S/C11H16O/c1-4-8(2)10-6-5-9(3)11(12)7-10/h5,10H,2,4,6-7H2,1,3H3. The predicted octanol–water partition coefficient (Wildman–Crippen LogP) is 2.88. The minimum atomic E-state index is 0.292. The quantitative estimate of drug-likeness (QED) is 0.573. The molecule has 1 aliphatic rings. The van der Waals surface area contributed by atoms with Gasteiger partial charge in [0.15, 0.2) is 5.78 Å². The summed E-state index contributed by atoms with van der Waals surface area (Å²) in [6, 6.07) is 0. The lowest BCUT2D eigenvalue weighted by molar-refractivity contribution is -0.116. The van der Waals surface area contributed by atoms with Gasteiger partial charge in [-0.05, 0) is 31.3 Å². The number of Topliss-reactive ketones (excluding diaryl/α,β-unsaturated/α-hetero) is 1. The van der Waals surface area contributed by atoms with Crippen molar-refractivity contribution < 1.29 is 4.79 Å². The highest BCUT2D eigenvalue weighted by Gasteiger charge is 2.20. The second-order valence-corrected chi connectivity index (χ2v) is 3.46. The molecule has 1 nitrogen and oxygen atoms in total. The van der Waals surface area contributed by atoms with Crippen molar-refractivity contribution in [3.8, 4) is 0 Å². The van der Waals surface area contributed by atoms with Crippen LogP contribution in [-0.2, 0) is 4.79 Å². The summed E-state index contributed by atoms with van der Waals surface area (Å²) < 4.78 is 0. The summed E-state index contributed by atoms with van der Waals surface area (Å²) in [7, 11) is 0. The summed E-state index contributed by atoms with van der Waals surface area (Å²) in [5.41, 5.74) is 2.14. The molecule has 66 valence electrons. The molecule has 0 fully saturated rings. The van der Waals surface area contributed by atoms with E-state index in [-0.39, 0.29) is 0 Å². The largest absolute Gasteiger partial charge is 0.295 e. The first-order valence-electron chi connectivity index (χ1n) is 4.52. The molecule has 0 spiro atoms. The number of carbonyl (C=O) groups is 1. The maximum atomic E-state index is 11.3. The summed E-state index contributed by atoms with van der Waals surface area (Å²) in [5.74, 6) is 0.701. The van der Waals surface area contributed by atoms with Crippen molar-refractivity contribution >= 4 is 5.78 Å². The summed E-state index contributed by atoms with van der Waals surface area (Å²) in [4.78, 5) is 11.3. The molecule has 1 atom stereocenters. The van der Waals surface area contributed by atoms with Crippen LogP contribution in [0.5, 0.6) is 0 Å². The molecule has 0 saturated carbocycles. The minimum absolute atomic E-state index is 0.292. The fourth-order valence-corrected chi connectivity index (χ4v) is 1.50. The van der Waals surface area contributed by atoms with Gasteiger partial charge in [0.2, 0.25) is 0 Å². The molecule has 1 heteroatoms. The fraction of sp³-hybridized carbons (Fsp3) is 0.545. The predicted molar refractivity (Wildman–Crippen MR) is 50.9 cm³/mol. The molecule has 0 aromatic rings. The molecule has 0 aliphatic heterocycles. The van der Waals surface area contributed by atoms with E-state index in [1.54, 1.807) is 0 Å². The average molecular weight is 164 g/mol. The Labute approximate surface area is 74.2 Å². The second-order valence-electron chi connectivity index (χ2n) is 3.46. The third-order valence-electron chi connectivity index (χ3n) is 2.61. The van der Waals surface area contributed by atoms with Crippen molar-refractivity contribution in [2.24, 2.45) is 5.92 Å². The average Bonchev–Trinajstić information content (AvgIpc) is 2.08. The SMILES string of the molecule is C=C(CC)C1CC=C(C)C(=O)C1. The highest BCUT2D eigenvalue weighted by molar-refractivity contribution is 5.95. The number of ketones is 1. The van der Waals surface area contributed by atoms with Crippen molar-refractivity contribution in [3.63, 3.8) is 0 Å². The molecule has 0 amide bonds. The van der Waals surface area contributed by atoms with Crippen molar-refractivity contribution in [3.05, 3.63) is 23.8 Å². The van der Waals surface area contributed by atoms with E-state index in [4.69, 9.17) is 0 Å². The topological polar surface area (TPSA) is 17.1 Å². The van der Waals surface area contributed by atoms with Gasteiger partial charge in [0, 0.05) is 6.42 Å². The lowest BCUT2D eigenvalue weighted by atomic mass is 9.84. The Hall–Kier alpha value is -0.850. The number of hydrogen-bond donors (Lipinski definition) is 0. The van der Waals surface area contributed by atoms with Gasteiger partial charge in [-0.3, -0.25) is 4.79 Å². The van der Waals surface area contributed by atoms with Crippen molar-refractivity contribution in [2.45, 2.75) is 33.1 Å². The van der Waals surface area contributed by atoms with Crippen molar-refractivity contribution in [1.29, 1.82) is 0 Å². The molecular formula is C11H16O. The smallest absolute Gasteiger partial charge is 0.158 e. The van der Waals surface area contributed by atoms with Gasteiger partial charge in [-0.25, -0.2) is 0 Å². The first-order chi connectivity index (χ1) is 5.65. The van der Waals surface area contributed by atoms with Gasteiger partial charge in [-0.15, -0.1) is 0 Å². The summed E-state index contributed by atoms with van der Waals surface area (Å²) in [5, 5.41) is 0. The van der Waals surface area contributed by atoms with Gasteiger partial charge in [0.25, 0.3) is 0 Å². The molecule has 0 N–H and O–H groups in total. The van der Waals surface area contributed by atoms with Crippen LogP contribution in [-0.4, -0.2) is 5.78 Å². The summed E-state index contributed by atoms with van der Waals surface area (Å²) in [6.07, 6.45) is 4.71. The van der Waals surface area contributed by atoms with E-state index < -0.39 is 0 Å². The zero-order valence-electron chi connectivity index (χ0n) is 7.89. The molecule has 0 bridgehead atoms. The number of carbonyl (C=O) groups excluding carboxylic acids is 1. The zero-order valence-corrected chi connectivity index (χ0v) is 7.89. The number of rotatable bonds is 2. The van der Waals surface area contributed by atoms with Gasteiger partial charge in [0.1, 0.15) is 0 Å². The Bertz CT molecular complexity index is 235. The van der Waals surface area contributed by atoms with Crippen LogP contribution in [0.25, 0.3) is 0 Å². The molecule has 0 radical (unpaired) electrons. The molecule has 0 aromatic carbocycles. The minimum Gasteiger partial charge on any atom is -0.295 e. The monoisotopic (exact) mass is 164 g/mol. The Morgan fingerprint density at radius 2 is 2.42 bits per heavy atom. The fourth-order valence-electron chi connectivity index (χ4n) is 1.50. The van der Waals surface area contributed by atoms with Gasteiger partial charge in [0.05, 0.1) is 0 Å². The van der Waals surface area contributed by atoms with Crippen molar-refractivity contribution in [2.75, 3.05) is 0 Å². The van der Waals surface area contributed by atoms with Crippen LogP contribution in [0.15, 0.2) is 23.8 Å². The van der Waals surface area contributed by atoms with Gasteiger partial charge < -0.3 is 0 Å². The van der Waals surface area contributed by atoms with Crippen LogP contribution in [0.1, 0.15) is 33.1 Å². The van der Waals surface area contributed by atoms with E-state index in [9.17, 15) is 4.79 Å². The van der Waals surface area contributed by atoms with Gasteiger partial charge >= 0.3 is 0 Å². The maximum absolute atomic E-state index is 11.3. The molecule has 12 heavy (non-hydrogen) atoms. The van der Waals surface area contributed by atoms with Crippen LogP contribution in [0.2, 0.25) is 0 Å². The van der Waals surface area contributed by atoms with E-state index in [1.807, 2.05) is 13.0 Å². The van der Waals surface area contributed by atoms with Gasteiger partial charge in [-0.1, -0.05) is 25.2 Å². The Kier molecular flexibility index (Phi) is 2.85. The molecule has 1 aliphatic carbocycles. The molecule has 0 saturated heterocycles. The van der Waals surface area contributed by atoms with Crippen LogP contribution in [0, 0.1) is 5.92 Å². The van der Waals surface area contributed by atoms with E-state index >= 15 is 0 Å². The Morgan fingerprint density at radius 1 is 1.75 bits per heavy atom. The first kappa shape index (κ1) is 9.24. The summed E-state index contributed by atoms with van der Waals surface area (Å²) in [6.45, 7) is 7.97. The molecule has 1 unspecified atom stereocenters. The molecular weight excluding hydrogens is 148 g/mol. The number of allylic oxidation sites excluding steroid dienone is 3. The molecule has 0 heterocycles. The normalized spacial score (nSPS) is 23.7. The summed E-state index contributed by atoms with van der Waals surface area (Å²) >= 11 is 0.